The van der Waals surface area contributed by atoms with Crippen molar-refractivity contribution in [2.75, 3.05) is 6.61 Å². The van der Waals surface area contributed by atoms with Crippen molar-refractivity contribution >= 4 is 0 Å². The minimum absolute atomic E-state index is 0.364. The predicted molar refractivity (Wildman–Crippen MR) is 61.2 cm³/mol. The van der Waals surface area contributed by atoms with Gasteiger partial charge in [0, 0.05) is 6.61 Å². The van der Waals surface area contributed by atoms with E-state index in [0.29, 0.717) is 12.1 Å². The van der Waals surface area contributed by atoms with Crippen molar-refractivity contribution in [3.8, 4) is 0 Å². The average molecular weight is 212 g/mol. The fraction of sp³-hybridized carbons (Fsp3) is 1.00. The van der Waals surface area contributed by atoms with Gasteiger partial charge in [0.05, 0.1) is 12.1 Å². The highest BCUT2D eigenvalue weighted by atomic mass is 16.5. The molecule has 2 aliphatic rings. The van der Waals surface area contributed by atoms with Gasteiger partial charge in [0.15, 0.2) is 0 Å². The lowest BCUT2D eigenvalue weighted by Gasteiger charge is -2.31. The van der Waals surface area contributed by atoms with Crippen LogP contribution in [0.15, 0.2) is 0 Å². The first-order valence-corrected chi connectivity index (χ1v) is 6.44. The molecule has 0 radical (unpaired) electrons. The quantitative estimate of drug-likeness (QED) is 0.521. The lowest BCUT2D eigenvalue weighted by atomic mass is 9.91. The van der Waals surface area contributed by atoms with Gasteiger partial charge in [-0.1, -0.05) is 12.8 Å². The van der Waals surface area contributed by atoms with Gasteiger partial charge < -0.3 is 4.74 Å². The number of rotatable bonds is 6. The van der Waals surface area contributed by atoms with Crippen molar-refractivity contribution in [1.82, 2.24) is 5.43 Å². The minimum Gasteiger partial charge on any atom is -0.377 e. The second-order valence-corrected chi connectivity index (χ2v) is 4.99. The Morgan fingerprint density at radius 1 is 1.20 bits per heavy atom. The van der Waals surface area contributed by atoms with Crippen molar-refractivity contribution < 1.29 is 4.74 Å². The summed E-state index contributed by atoms with van der Waals surface area (Å²) in [6.45, 7) is 2.89. The molecule has 2 saturated carbocycles. The van der Waals surface area contributed by atoms with Gasteiger partial charge in [0.1, 0.15) is 0 Å². The molecule has 2 rings (SSSR count). The normalized spacial score (nSPS) is 26.8. The number of hydrogen-bond acceptors (Lipinski definition) is 3. The van der Waals surface area contributed by atoms with Gasteiger partial charge in [-0.2, -0.15) is 0 Å². The summed E-state index contributed by atoms with van der Waals surface area (Å²) >= 11 is 0. The monoisotopic (exact) mass is 212 g/mol. The molecule has 15 heavy (non-hydrogen) atoms. The summed E-state index contributed by atoms with van der Waals surface area (Å²) in [7, 11) is 0. The van der Waals surface area contributed by atoms with Crippen molar-refractivity contribution in [2.24, 2.45) is 17.7 Å². The Morgan fingerprint density at radius 2 is 1.87 bits per heavy atom. The SMILES string of the molecule is CCOC(C1CC1)C(NN)C1CCCC1. The molecule has 0 aliphatic heterocycles. The van der Waals surface area contributed by atoms with Gasteiger partial charge in [-0.25, -0.2) is 0 Å². The van der Waals surface area contributed by atoms with Gasteiger partial charge in [0.25, 0.3) is 0 Å². The number of hydrogen-bond donors (Lipinski definition) is 2. The molecule has 2 aliphatic carbocycles. The van der Waals surface area contributed by atoms with Crippen molar-refractivity contribution in [1.29, 1.82) is 0 Å². The second-order valence-electron chi connectivity index (χ2n) is 4.99. The molecule has 0 aromatic heterocycles. The third-order valence-corrected chi connectivity index (χ3v) is 3.90. The number of nitrogens with one attached hydrogen (secondary N) is 1. The minimum atomic E-state index is 0.364. The van der Waals surface area contributed by atoms with E-state index >= 15 is 0 Å². The van der Waals surface area contributed by atoms with Gasteiger partial charge >= 0.3 is 0 Å². The molecule has 2 fully saturated rings. The maximum Gasteiger partial charge on any atom is 0.0772 e. The molecule has 0 bridgehead atoms. The van der Waals surface area contributed by atoms with Crippen molar-refractivity contribution in [2.45, 2.75) is 57.6 Å². The van der Waals surface area contributed by atoms with Crippen LogP contribution < -0.4 is 11.3 Å². The molecule has 3 nitrogen and oxygen atoms in total. The first kappa shape index (κ1) is 11.4. The zero-order chi connectivity index (χ0) is 10.7. The highest BCUT2D eigenvalue weighted by molar-refractivity contribution is 4.94. The maximum absolute atomic E-state index is 5.89. The van der Waals surface area contributed by atoms with Crippen LogP contribution >= 0.6 is 0 Å². The molecular weight excluding hydrogens is 188 g/mol. The van der Waals surface area contributed by atoms with Crippen LogP contribution in [0.5, 0.6) is 0 Å². The van der Waals surface area contributed by atoms with E-state index in [1.807, 2.05) is 0 Å². The fourth-order valence-electron chi connectivity index (χ4n) is 2.97. The third-order valence-electron chi connectivity index (χ3n) is 3.90. The molecule has 3 N–H and O–H groups in total. The lowest BCUT2D eigenvalue weighted by molar-refractivity contribution is 0.00348. The number of nitrogens with two attached hydrogens (primary N) is 1. The summed E-state index contributed by atoms with van der Waals surface area (Å²) in [5, 5.41) is 0. The van der Waals surface area contributed by atoms with E-state index in [1.165, 1.54) is 38.5 Å². The van der Waals surface area contributed by atoms with Crippen LogP contribution in [0, 0.1) is 11.8 Å². The first-order valence-electron chi connectivity index (χ1n) is 6.44. The summed E-state index contributed by atoms with van der Waals surface area (Å²) in [6, 6.07) is 0.389. The molecular formula is C12H24N2O. The lowest BCUT2D eigenvalue weighted by Crippen LogP contribution is -2.50. The Kier molecular flexibility index (Phi) is 4.00. The van der Waals surface area contributed by atoms with E-state index in [4.69, 9.17) is 10.6 Å². The van der Waals surface area contributed by atoms with Crippen molar-refractivity contribution in [3.05, 3.63) is 0 Å². The largest absolute Gasteiger partial charge is 0.377 e. The molecule has 0 heterocycles. The Bertz CT molecular complexity index is 188. The predicted octanol–water partition coefficient (Wildman–Crippen LogP) is 1.82. The summed E-state index contributed by atoms with van der Waals surface area (Å²) in [4.78, 5) is 0. The molecule has 3 heteroatoms. The maximum atomic E-state index is 5.89. The standard InChI is InChI=1S/C12H24N2O/c1-2-15-12(10-7-8-10)11(14-13)9-5-3-4-6-9/h9-12,14H,2-8,13H2,1H3. The number of ether oxygens (including phenoxy) is 1. The molecule has 88 valence electrons. The zero-order valence-corrected chi connectivity index (χ0v) is 9.74. The van der Waals surface area contributed by atoms with E-state index in [2.05, 4.69) is 12.3 Å². The molecule has 0 spiro atoms. The van der Waals surface area contributed by atoms with E-state index in [0.717, 1.165) is 18.4 Å². The highest BCUT2D eigenvalue weighted by Gasteiger charge is 2.40. The van der Waals surface area contributed by atoms with Gasteiger partial charge in [-0.3, -0.25) is 11.3 Å². The smallest absolute Gasteiger partial charge is 0.0772 e. The average Bonchev–Trinajstić information content (AvgIpc) is 2.96. The molecule has 2 atom stereocenters. The van der Waals surface area contributed by atoms with E-state index in [-0.39, 0.29) is 0 Å². The molecule has 0 aromatic carbocycles. The summed E-state index contributed by atoms with van der Waals surface area (Å²) < 4.78 is 5.89. The Balaban J connectivity index is 1.94. The first-order chi connectivity index (χ1) is 7.36. The van der Waals surface area contributed by atoms with Crippen LogP contribution in [0.4, 0.5) is 0 Å². The summed E-state index contributed by atoms with van der Waals surface area (Å²) in [6.07, 6.45) is 8.41. The van der Waals surface area contributed by atoms with Crippen LogP contribution in [-0.2, 0) is 4.74 Å². The molecule has 2 unspecified atom stereocenters. The van der Waals surface area contributed by atoms with Crippen LogP contribution in [0.3, 0.4) is 0 Å². The Labute approximate surface area is 92.7 Å². The van der Waals surface area contributed by atoms with E-state index in [1.54, 1.807) is 0 Å². The van der Waals surface area contributed by atoms with Crippen LogP contribution in [-0.4, -0.2) is 18.8 Å². The summed E-state index contributed by atoms with van der Waals surface area (Å²) in [5.74, 6) is 7.23. The third kappa shape index (κ3) is 2.71. The van der Waals surface area contributed by atoms with Crippen LogP contribution in [0.1, 0.15) is 45.4 Å². The van der Waals surface area contributed by atoms with Gasteiger partial charge in [-0.05, 0) is 44.4 Å². The van der Waals surface area contributed by atoms with E-state index in [9.17, 15) is 0 Å². The highest BCUT2D eigenvalue weighted by Crippen LogP contribution is 2.40. The van der Waals surface area contributed by atoms with Gasteiger partial charge in [-0.15, -0.1) is 0 Å². The zero-order valence-electron chi connectivity index (χ0n) is 9.74. The second kappa shape index (κ2) is 5.28. The van der Waals surface area contributed by atoms with E-state index < -0.39 is 0 Å². The molecule has 0 amide bonds. The van der Waals surface area contributed by atoms with Crippen molar-refractivity contribution in [3.63, 3.8) is 0 Å². The molecule has 0 aromatic rings. The number of hydrazine groups is 1. The van der Waals surface area contributed by atoms with Crippen LogP contribution in [0.2, 0.25) is 0 Å². The summed E-state index contributed by atoms with van der Waals surface area (Å²) in [5.41, 5.74) is 3.03. The fourth-order valence-corrected chi connectivity index (χ4v) is 2.97. The Hall–Kier alpha value is -0.120. The van der Waals surface area contributed by atoms with Gasteiger partial charge in [0.2, 0.25) is 0 Å². The molecule has 0 saturated heterocycles. The Morgan fingerprint density at radius 3 is 2.33 bits per heavy atom. The van der Waals surface area contributed by atoms with Crippen LogP contribution in [0.25, 0.3) is 0 Å². The topological polar surface area (TPSA) is 47.3 Å².